The minimum absolute atomic E-state index is 0.860. The number of piperazine rings is 1. The number of hydrogen-bond donors (Lipinski definition) is 1. The minimum atomic E-state index is 0.860. The molecule has 0 atom stereocenters. The van der Waals surface area contributed by atoms with Crippen LogP contribution in [-0.4, -0.2) is 26.2 Å². The molecule has 1 aliphatic heterocycles. The second-order valence-corrected chi connectivity index (χ2v) is 5.76. The fourth-order valence-electron chi connectivity index (χ4n) is 2.83. The maximum absolute atomic E-state index is 6.28. The van der Waals surface area contributed by atoms with E-state index in [4.69, 9.17) is 11.6 Å². The van der Waals surface area contributed by atoms with Crippen molar-refractivity contribution in [3.05, 3.63) is 65.2 Å². The van der Waals surface area contributed by atoms with Gasteiger partial charge in [-0.25, -0.2) is 0 Å². The van der Waals surface area contributed by atoms with Crippen molar-refractivity contribution >= 4 is 17.3 Å². The van der Waals surface area contributed by atoms with Gasteiger partial charge < -0.3 is 9.80 Å². The molecular formula is C17H20ClN2+. The van der Waals surface area contributed by atoms with Gasteiger partial charge in [0.1, 0.15) is 6.54 Å². The quantitative estimate of drug-likeness (QED) is 0.910. The molecule has 3 heteroatoms. The van der Waals surface area contributed by atoms with E-state index in [2.05, 4.69) is 47.4 Å². The van der Waals surface area contributed by atoms with Gasteiger partial charge in [-0.1, -0.05) is 54.1 Å². The number of benzene rings is 2. The Morgan fingerprint density at radius 2 is 1.55 bits per heavy atom. The summed E-state index contributed by atoms with van der Waals surface area (Å²) in [6.45, 7) is 5.61. The summed E-state index contributed by atoms with van der Waals surface area (Å²) in [7, 11) is 0. The SMILES string of the molecule is Clc1ccccc1N1CC[NH+](Cc2ccccc2)CC1. The number of para-hydroxylation sites is 1. The number of nitrogens with one attached hydrogen (secondary N) is 1. The first-order valence-corrected chi connectivity index (χ1v) is 7.58. The van der Waals surface area contributed by atoms with Crippen LogP contribution in [0.1, 0.15) is 5.56 Å². The van der Waals surface area contributed by atoms with Crippen LogP contribution in [0.4, 0.5) is 5.69 Å². The van der Waals surface area contributed by atoms with Crippen LogP contribution in [0.25, 0.3) is 0 Å². The first-order valence-electron chi connectivity index (χ1n) is 7.20. The third-order valence-electron chi connectivity index (χ3n) is 3.96. The van der Waals surface area contributed by atoms with Gasteiger partial charge in [0.25, 0.3) is 0 Å². The average molecular weight is 288 g/mol. The zero-order chi connectivity index (χ0) is 13.8. The van der Waals surface area contributed by atoms with E-state index in [9.17, 15) is 0 Å². The molecule has 0 amide bonds. The summed E-state index contributed by atoms with van der Waals surface area (Å²) < 4.78 is 0. The van der Waals surface area contributed by atoms with Crippen LogP contribution >= 0.6 is 11.6 Å². The van der Waals surface area contributed by atoms with Crippen molar-refractivity contribution in [2.24, 2.45) is 0 Å². The van der Waals surface area contributed by atoms with Gasteiger partial charge in [-0.2, -0.15) is 0 Å². The Morgan fingerprint density at radius 3 is 2.25 bits per heavy atom. The Morgan fingerprint density at radius 1 is 0.900 bits per heavy atom. The van der Waals surface area contributed by atoms with Crippen molar-refractivity contribution in [2.75, 3.05) is 31.1 Å². The molecule has 1 saturated heterocycles. The van der Waals surface area contributed by atoms with Crippen molar-refractivity contribution in [1.82, 2.24) is 0 Å². The molecule has 2 aromatic carbocycles. The van der Waals surface area contributed by atoms with Gasteiger partial charge in [0.15, 0.2) is 0 Å². The Bertz CT molecular complexity index is 548. The largest absolute Gasteiger partial charge is 0.359 e. The van der Waals surface area contributed by atoms with E-state index in [1.807, 2.05) is 12.1 Å². The molecule has 1 aliphatic rings. The van der Waals surface area contributed by atoms with Gasteiger partial charge >= 0.3 is 0 Å². The van der Waals surface area contributed by atoms with E-state index >= 15 is 0 Å². The molecule has 3 rings (SSSR count). The molecular weight excluding hydrogens is 268 g/mol. The van der Waals surface area contributed by atoms with Crippen molar-refractivity contribution < 1.29 is 4.90 Å². The fraction of sp³-hybridized carbons (Fsp3) is 0.294. The third kappa shape index (κ3) is 3.14. The Balaban J connectivity index is 1.59. The van der Waals surface area contributed by atoms with Crippen LogP contribution in [-0.2, 0) is 6.54 Å². The van der Waals surface area contributed by atoms with Crippen LogP contribution in [0.5, 0.6) is 0 Å². The summed E-state index contributed by atoms with van der Waals surface area (Å²) >= 11 is 6.28. The first kappa shape index (κ1) is 13.5. The standard InChI is InChI=1S/C17H19ClN2/c18-16-8-4-5-9-17(16)20-12-10-19(11-13-20)14-15-6-2-1-3-7-15/h1-9H,10-14H2/p+1. The van der Waals surface area contributed by atoms with Gasteiger partial charge in [0.2, 0.25) is 0 Å². The molecule has 0 saturated carbocycles. The zero-order valence-corrected chi connectivity index (χ0v) is 12.3. The minimum Gasteiger partial charge on any atom is -0.359 e. The summed E-state index contributed by atoms with van der Waals surface area (Å²) in [6.07, 6.45) is 0. The zero-order valence-electron chi connectivity index (χ0n) is 11.6. The number of hydrogen-bond acceptors (Lipinski definition) is 1. The lowest BCUT2D eigenvalue weighted by Gasteiger charge is -2.34. The van der Waals surface area contributed by atoms with E-state index in [-0.39, 0.29) is 0 Å². The highest BCUT2D eigenvalue weighted by molar-refractivity contribution is 6.33. The van der Waals surface area contributed by atoms with Crippen LogP contribution in [0.3, 0.4) is 0 Å². The molecule has 1 N–H and O–H groups in total. The molecule has 1 fully saturated rings. The summed E-state index contributed by atoms with van der Waals surface area (Å²) in [5.41, 5.74) is 2.60. The van der Waals surface area contributed by atoms with Gasteiger partial charge in [-0.3, -0.25) is 0 Å². The van der Waals surface area contributed by atoms with Crippen molar-refractivity contribution in [1.29, 1.82) is 0 Å². The Hall–Kier alpha value is -1.51. The number of rotatable bonds is 3. The second-order valence-electron chi connectivity index (χ2n) is 5.35. The molecule has 0 bridgehead atoms. The smallest absolute Gasteiger partial charge is 0.103 e. The van der Waals surface area contributed by atoms with Gasteiger partial charge in [-0.15, -0.1) is 0 Å². The molecule has 0 aromatic heterocycles. The Labute approximate surface area is 125 Å². The van der Waals surface area contributed by atoms with Crippen molar-refractivity contribution in [2.45, 2.75) is 6.54 Å². The van der Waals surface area contributed by atoms with Gasteiger partial charge in [0, 0.05) is 5.56 Å². The van der Waals surface area contributed by atoms with E-state index in [0.29, 0.717) is 0 Å². The first-order chi connectivity index (χ1) is 9.83. The molecule has 20 heavy (non-hydrogen) atoms. The molecule has 104 valence electrons. The lowest BCUT2D eigenvalue weighted by atomic mass is 10.2. The van der Waals surface area contributed by atoms with Gasteiger partial charge in [0.05, 0.1) is 36.9 Å². The van der Waals surface area contributed by atoms with Crippen molar-refractivity contribution in [3.8, 4) is 0 Å². The number of nitrogens with zero attached hydrogens (tertiary/aromatic N) is 1. The van der Waals surface area contributed by atoms with Crippen molar-refractivity contribution in [3.63, 3.8) is 0 Å². The maximum Gasteiger partial charge on any atom is 0.103 e. The van der Waals surface area contributed by atoms with E-state index < -0.39 is 0 Å². The van der Waals surface area contributed by atoms with Crippen LogP contribution < -0.4 is 9.80 Å². The predicted octanol–water partition coefficient (Wildman–Crippen LogP) is 2.25. The summed E-state index contributed by atoms with van der Waals surface area (Å²) in [4.78, 5) is 4.05. The predicted molar refractivity (Wildman–Crippen MR) is 84.5 cm³/mol. The number of halogens is 1. The third-order valence-corrected chi connectivity index (χ3v) is 4.28. The monoisotopic (exact) mass is 287 g/mol. The van der Waals surface area contributed by atoms with Gasteiger partial charge in [-0.05, 0) is 12.1 Å². The molecule has 2 aromatic rings. The molecule has 1 heterocycles. The lowest BCUT2D eigenvalue weighted by Crippen LogP contribution is -3.13. The van der Waals surface area contributed by atoms with Crippen LogP contribution in [0.2, 0.25) is 5.02 Å². The molecule has 0 unspecified atom stereocenters. The van der Waals surface area contributed by atoms with Crippen LogP contribution in [0, 0.1) is 0 Å². The fourth-order valence-corrected chi connectivity index (χ4v) is 3.09. The maximum atomic E-state index is 6.28. The summed E-state index contributed by atoms with van der Waals surface area (Å²) in [5.74, 6) is 0. The average Bonchev–Trinajstić information content (AvgIpc) is 2.50. The number of anilines is 1. The van der Waals surface area contributed by atoms with E-state index in [1.165, 1.54) is 24.3 Å². The number of quaternary nitrogens is 1. The highest BCUT2D eigenvalue weighted by Gasteiger charge is 2.21. The summed E-state index contributed by atoms with van der Waals surface area (Å²) in [5, 5.41) is 0.860. The molecule has 0 radical (unpaired) electrons. The molecule has 0 spiro atoms. The van der Waals surface area contributed by atoms with Crippen LogP contribution in [0.15, 0.2) is 54.6 Å². The lowest BCUT2D eigenvalue weighted by molar-refractivity contribution is -0.914. The topological polar surface area (TPSA) is 7.68 Å². The highest BCUT2D eigenvalue weighted by atomic mass is 35.5. The normalized spacial score (nSPS) is 16.4. The Kier molecular flexibility index (Phi) is 4.24. The molecule has 0 aliphatic carbocycles. The summed E-state index contributed by atoms with van der Waals surface area (Å²) in [6, 6.07) is 18.9. The van der Waals surface area contributed by atoms with E-state index in [1.54, 1.807) is 4.90 Å². The van der Waals surface area contributed by atoms with E-state index in [0.717, 1.165) is 24.7 Å². The highest BCUT2D eigenvalue weighted by Crippen LogP contribution is 2.24. The second kappa shape index (κ2) is 6.29. The molecule has 2 nitrogen and oxygen atoms in total.